The van der Waals surface area contributed by atoms with Gasteiger partial charge in [-0.1, -0.05) is 13.8 Å². The maximum absolute atomic E-state index is 12.3. The molecule has 5 heteroatoms. The first-order chi connectivity index (χ1) is 8.04. The number of carbonyl (C=O) groups is 2. The minimum atomic E-state index is -0.538. The van der Waals surface area contributed by atoms with Crippen LogP contribution in [0, 0.1) is 11.8 Å². The third-order valence-corrected chi connectivity index (χ3v) is 3.70. The highest BCUT2D eigenvalue weighted by Crippen LogP contribution is 2.44. The van der Waals surface area contributed by atoms with Gasteiger partial charge in [-0.15, -0.1) is 0 Å². The van der Waals surface area contributed by atoms with E-state index in [1.165, 1.54) is 7.11 Å². The highest BCUT2D eigenvalue weighted by Gasteiger charge is 2.50. The molecule has 5 nitrogen and oxygen atoms in total. The summed E-state index contributed by atoms with van der Waals surface area (Å²) in [7, 11) is 1.31. The molecule has 1 saturated carbocycles. The normalized spacial score (nSPS) is 27.6. The molecule has 1 heterocycles. The number of fused-ring (bicyclic) bond motifs is 1. The number of likely N-dealkylation sites (tertiary alicyclic amines) is 1. The number of alkyl carbamates (subject to hydrolysis) is 1. The van der Waals surface area contributed by atoms with Crippen LogP contribution in [0.2, 0.25) is 0 Å². The van der Waals surface area contributed by atoms with E-state index in [2.05, 4.69) is 10.1 Å². The number of amides is 2. The molecule has 96 valence electrons. The quantitative estimate of drug-likeness (QED) is 0.800. The summed E-state index contributed by atoms with van der Waals surface area (Å²) in [6, 6.07) is -0.0370. The van der Waals surface area contributed by atoms with Gasteiger partial charge < -0.3 is 15.0 Å². The highest BCUT2D eigenvalue weighted by molar-refractivity contribution is 5.86. The second-order valence-electron chi connectivity index (χ2n) is 5.24. The summed E-state index contributed by atoms with van der Waals surface area (Å²) >= 11 is 0. The van der Waals surface area contributed by atoms with Crippen LogP contribution in [0.15, 0.2) is 0 Å². The summed E-state index contributed by atoms with van der Waals surface area (Å²) in [5.74, 6) is 0.819. The number of rotatable bonds is 3. The predicted octanol–water partition coefficient (Wildman–Crippen LogP) is 0.988. The number of nitrogens with one attached hydrogen (secondary N) is 1. The SMILES string of the molecule is COC(=O)N[C@H](C(=O)N1CCC2CC21)C(C)C. The Morgan fingerprint density at radius 2 is 2.12 bits per heavy atom. The van der Waals surface area contributed by atoms with Crippen LogP contribution in [0.5, 0.6) is 0 Å². The molecule has 1 N–H and O–H groups in total. The summed E-state index contributed by atoms with van der Waals surface area (Å²) < 4.78 is 4.56. The van der Waals surface area contributed by atoms with Crippen molar-refractivity contribution in [2.45, 2.75) is 38.8 Å². The lowest BCUT2D eigenvalue weighted by Gasteiger charge is -2.27. The van der Waals surface area contributed by atoms with Crippen LogP contribution in [0.25, 0.3) is 0 Å². The van der Waals surface area contributed by atoms with Crippen LogP contribution < -0.4 is 5.32 Å². The van der Waals surface area contributed by atoms with Gasteiger partial charge in [0.1, 0.15) is 6.04 Å². The number of nitrogens with zero attached hydrogens (tertiary/aromatic N) is 1. The van der Waals surface area contributed by atoms with E-state index < -0.39 is 12.1 Å². The van der Waals surface area contributed by atoms with Gasteiger partial charge in [-0.3, -0.25) is 4.79 Å². The first-order valence-electron chi connectivity index (χ1n) is 6.19. The van der Waals surface area contributed by atoms with Crippen molar-refractivity contribution in [2.75, 3.05) is 13.7 Å². The Morgan fingerprint density at radius 1 is 1.41 bits per heavy atom. The van der Waals surface area contributed by atoms with Crippen LogP contribution in [0.3, 0.4) is 0 Å². The summed E-state index contributed by atoms with van der Waals surface area (Å²) in [4.78, 5) is 25.5. The molecule has 2 unspecified atom stereocenters. The Labute approximate surface area is 101 Å². The van der Waals surface area contributed by atoms with Crippen molar-refractivity contribution in [3.8, 4) is 0 Å². The van der Waals surface area contributed by atoms with Crippen LogP contribution in [-0.2, 0) is 9.53 Å². The first kappa shape index (κ1) is 12.2. The summed E-state index contributed by atoms with van der Waals surface area (Å²) in [5.41, 5.74) is 0. The maximum Gasteiger partial charge on any atom is 0.407 e. The molecule has 2 aliphatic rings. The molecule has 1 aliphatic heterocycles. The summed E-state index contributed by atoms with van der Waals surface area (Å²) in [5, 5.41) is 2.63. The van der Waals surface area contributed by atoms with Crippen molar-refractivity contribution in [3.05, 3.63) is 0 Å². The Balaban J connectivity index is 1.99. The maximum atomic E-state index is 12.3. The van der Waals surface area contributed by atoms with Crippen molar-refractivity contribution in [2.24, 2.45) is 11.8 Å². The van der Waals surface area contributed by atoms with E-state index in [1.807, 2.05) is 18.7 Å². The molecule has 2 fully saturated rings. The van der Waals surface area contributed by atoms with E-state index in [0.717, 1.165) is 19.4 Å². The van der Waals surface area contributed by atoms with Gasteiger partial charge in [-0.25, -0.2) is 4.79 Å². The van der Waals surface area contributed by atoms with E-state index in [-0.39, 0.29) is 11.8 Å². The Kier molecular flexibility index (Phi) is 3.26. The largest absolute Gasteiger partial charge is 0.453 e. The highest BCUT2D eigenvalue weighted by atomic mass is 16.5. The minimum absolute atomic E-state index is 0.0374. The van der Waals surface area contributed by atoms with E-state index in [9.17, 15) is 9.59 Å². The van der Waals surface area contributed by atoms with Gasteiger partial charge in [0.05, 0.1) is 7.11 Å². The zero-order valence-corrected chi connectivity index (χ0v) is 10.6. The van der Waals surface area contributed by atoms with Gasteiger partial charge in [0.25, 0.3) is 0 Å². The third-order valence-electron chi connectivity index (χ3n) is 3.70. The predicted molar refractivity (Wildman–Crippen MR) is 62.4 cm³/mol. The number of hydrogen-bond acceptors (Lipinski definition) is 3. The average Bonchev–Trinajstić information content (AvgIpc) is 2.96. The molecule has 17 heavy (non-hydrogen) atoms. The van der Waals surface area contributed by atoms with Gasteiger partial charge in [0.15, 0.2) is 0 Å². The van der Waals surface area contributed by atoms with Crippen molar-refractivity contribution < 1.29 is 14.3 Å². The van der Waals surface area contributed by atoms with E-state index in [1.54, 1.807) is 0 Å². The molecule has 1 aliphatic carbocycles. The van der Waals surface area contributed by atoms with E-state index in [0.29, 0.717) is 12.0 Å². The molecule has 0 radical (unpaired) electrons. The summed E-state index contributed by atoms with van der Waals surface area (Å²) in [6.07, 6.45) is 1.71. The van der Waals surface area contributed by atoms with Crippen molar-refractivity contribution >= 4 is 12.0 Å². The van der Waals surface area contributed by atoms with Crippen molar-refractivity contribution in [3.63, 3.8) is 0 Å². The zero-order valence-electron chi connectivity index (χ0n) is 10.6. The number of ether oxygens (including phenoxy) is 1. The van der Waals surface area contributed by atoms with Crippen LogP contribution in [0.4, 0.5) is 4.79 Å². The van der Waals surface area contributed by atoms with Gasteiger partial charge in [0.2, 0.25) is 5.91 Å². The molecule has 0 aromatic heterocycles. The molecule has 0 spiro atoms. The van der Waals surface area contributed by atoms with Crippen LogP contribution in [0.1, 0.15) is 26.7 Å². The molecular formula is C12H20N2O3. The third kappa shape index (κ3) is 2.37. The van der Waals surface area contributed by atoms with Gasteiger partial charge in [-0.2, -0.15) is 0 Å². The topological polar surface area (TPSA) is 58.6 Å². The minimum Gasteiger partial charge on any atom is -0.453 e. The van der Waals surface area contributed by atoms with Crippen LogP contribution in [-0.4, -0.2) is 42.6 Å². The van der Waals surface area contributed by atoms with Crippen molar-refractivity contribution in [1.29, 1.82) is 0 Å². The summed E-state index contributed by atoms with van der Waals surface area (Å²) in [6.45, 7) is 4.69. The molecule has 2 rings (SSSR count). The van der Waals surface area contributed by atoms with Crippen molar-refractivity contribution in [1.82, 2.24) is 10.2 Å². The Morgan fingerprint density at radius 3 is 2.53 bits per heavy atom. The molecule has 0 aromatic rings. The molecule has 1 saturated heterocycles. The number of methoxy groups -OCH3 is 1. The smallest absolute Gasteiger partial charge is 0.407 e. The second-order valence-corrected chi connectivity index (χ2v) is 5.24. The van der Waals surface area contributed by atoms with E-state index >= 15 is 0 Å². The lowest BCUT2D eigenvalue weighted by atomic mass is 10.0. The zero-order chi connectivity index (χ0) is 12.6. The van der Waals surface area contributed by atoms with Gasteiger partial charge in [-0.05, 0) is 24.7 Å². The molecule has 0 bridgehead atoms. The van der Waals surface area contributed by atoms with Gasteiger partial charge in [0, 0.05) is 12.6 Å². The number of carbonyl (C=O) groups excluding carboxylic acids is 2. The average molecular weight is 240 g/mol. The van der Waals surface area contributed by atoms with Crippen LogP contribution >= 0.6 is 0 Å². The lowest BCUT2D eigenvalue weighted by Crippen LogP contribution is -2.51. The monoisotopic (exact) mass is 240 g/mol. The lowest BCUT2D eigenvalue weighted by molar-refractivity contribution is -0.134. The standard InChI is InChI=1S/C12H20N2O3/c1-7(2)10(13-12(16)17-3)11(15)14-5-4-8-6-9(8)14/h7-10H,4-6H2,1-3H3,(H,13,16)/t8?,9?,10-/m0/s1. The molecule has 2 amide bonds. The number of hydrogen-bond donors (Lipinski definition) is 1. The fourth-order valence-corrected chi connectivity index (χ4v) is 2.55. The molecule has 3 atom stereocenters. The second kappa shape index (κ2) is 4.55. The fourth-order valence-electron chi connectivity index (χ4n) is 2.55. The molecular weight excluding hydrogens is 220 g/mol. The fraction of sp³-hybridized carbons (Fsp3) is 0.833. The Bertz CT molecular complexity index is 330. The van der Waals surface area contributed by atoms with E-state index in [4.69, 9.17) is 0 Å². The Hall–Kier alpha value is -1.26. The molecule has 0 aromatic carbocycles. The first-order valence-corrected chi connectivity index (χ1v) is 6.19. The van der Waals surface area contributed by atoms with Gasteiger partial charge >= 0.3 is 6.09 Å². The number of piperidine rings is 1.